The highest BCUT2D eigenvalue weighted by molar-refractivity contribution is 5.68. The number of methoxy groups -OCH3 is 1. The third-order valence-corrected chi connectivity index (χ3v) is 8.59. The highest BCUT2D eigenvalue weighted by Crippen LogP contribution is 2.19. The van der Waals surface area contributed by atoms with Crippen molar-refractivity contribution in [3.63, 3.8) is 0 Å². The summed E-state index contributed by atoms with van der Waals surface area (Å²) in [6.45, 7) is 4.21. The minimum absolute atomic E-state index is 0.0645. The standard InChI is InChI=1S/C35H68O4/c1-33(28-22-18-14-15-19-23-29-34(36)37-2)27-21-17-13-11-9-7-5-3-4-6-8-10-12-16-20-25-31-38-35-30-24-26-32-39-35/h33,35H,3-32H2,1-2H3. The van der Waals surface area contributed by atoms with Crippen molar-refractivity contribution in [1.82, 2.24) is 0 Å². The van der Waals surface area contributed by atoms with Crippen LogP contribution >= 0.6 is 0 Å². The number of ether oxygens (including phenoxy) is 3. The molecule has 4 heteroatoms. The van der Waals surface area contributed by atoms with E-state index in [1.807, 2.05) is 0 Å². The maximum atomic E-state index is 11.1. The maximum Gasteiger partial charge on any atom is 0.305 e. The topological polar surface area (TPSA) is 44.8 Å². The average Bonchev–Trinajstić information content (AvgIpc) is 2.96. The summed E-state index contributed by atoms with van der Waals surface area (Å²) in [7, 11) is 1.48. The van der Waals surface area contributed by atoms with Gasteiger partial charge in [-0.3, -0.25) is 4.79 Å². The number of carbonyl (C=O) groups excluding carboxylic acids is 1. The number of esters is 1. The van der Waals surface area contributed by atoms with Crippen molar-refractivity contribution >= 4 is 5.97 Å². The fourth-order valence-corrected chi connectivity index (χ4v) is 5.84. The Bertz CT molecular complexity index is 503. The highest BCUT2D eigenvalue weighted by Gasteiger charge is 2.13. The lowest BCUT2D eigenvalue weighted by molar-refractivity contribution is -0.162. The summed E-state index contributed by atoms with van der Waals surface area (Å²) in [4.78, 5) is 11.1. The third kappa shape index (κ3) is 26.1. The van der Waals surface area contributed by atoms with Crippen LogP contribution in [0.3, 0.4) is 0 Å². The second-order valence-electron chi connectivity index (χ2n) is 12.5. The molecule has 4 nitrogen and oxygen atoms in total. The smallest absolute Gasteiger partial charge is 0.305 e. The first-order valence-electron chi connectivity index (χ1n) is 17.5. The molecular weight excluding hydrogens is 484 g/mol. The summed E-state index contributed by atoms with van der Waals surface area (Å²) < 4.78 is 16.1. The average molecular weight is 553 g/mol. The fraction of sp³-hybridized carbons (Fsp3) is 0.971. The van der Waals surface area contributed by atoms with Crippen LogP contribution in [0.1, 0.15) is 187 Å². The lowest BCUT2D eigenvalue weighted by atomic mass is 9.95. The molecule has 1 fully saturated rings. The molecule has 2 atom stereocenters. The second kappa shape index (κ2) is 28.9. The molecule has 0 aromatic heterocycles. The largest absolute Gasteiger partial charge is 0.469 e. The molecule has 0 aromatic rings. The van der Waals surface area contributed by atoms with E-state index in [1.54, 1.807) is 0 Å². The molecule has 1 aliphatic rings. The first-order chi connectivity index (χ1) is 19.2. The second-order valence-corrected chi connectivity index (χ2v) is 12.5. The predicted octanol–water partition coefficient (Wildman–Crippen LogP) is 11.1. The van der Waals surface area contributed by atoms with Crippen LogP contribution in [0.25, 0.3) is 0 Å². The van der Waals surface area contributed by atoms with Crippen molar-refractivity contribution in [1.29, 1.82) is 0 Å². The van der Waals surface area contributed by atoms with Gasteiger partial charge in [-0.05, 0) is 38.0 Å². The molecule has 0 aliphatic carbocycles. The molecule has 1 heterocycles. The van der Waals surface area contributed by atoms with Crippen molar-refractivity contribution in [2.75, 3.05) is 20.3 Å². The van der Waals surface area contributed by atoms with Gasteiger partial charge in [-0.2, -0.15) is 0 Å². The van der Waals surface area contributed by atoms with E-state index in [2.05, 4.69) is 11.7 Å². The van der Waals surface area contributed by atoms with Gasteiger partial charge < -0.3 is 14.2 Å². The van der Waals surface area contributed by atoms with Gasteiger partial charge in [-0.1, -0.05) is 148 Å². The molecule has 0 saturated carbocycles. The van der Waals surface area contributed by atoms with E-state index in [0.29, 0.717) is 6.42 Å². The normalized spacial score (nSPS) is 16.4. The van der Waals surface area contributed by atoms with Crippen molar-refractivity contribution in [2.45, 2.75) is 193 Å². The van der Waals surface area contributed by atoms with Crippen molar-refractivity contribution < 1.29 is 19.0 Å². The molecule has 232 valence electrons. The molecule has 0 amide bonds. The van der Waals surface area contributed by atoms with Crippen molar-refractivity contribution in [3.8, 4) is 0 Å². The molecule has 0 bridgehead atoms. The SMILES string of the molecule is COC(=O)CCCCCCCCC(C)CCCCCCCCCCCCCCCCCCOC1CCCCO1. The Labute approximate surface area is 244 Å². The minimum atomic E-state index is -0.0645. The Kier molecular flexibility index (Phi) is 27.0. The summed E-state index contributed by atoms with van der Waals surface area (Å²) in [6.07, 6.45) is 37.1. The number of hydrogen-bond donors (Lipinski definition) is 0. The molecule has 0 radical (unpaired) electrons. The van der Waals surface area contributed by atoms with Crippen LogP contribution < -0.4 is 0 Å². The van der Waals surface area contributed by atoms with Gasteiger partial charge in [0.05, 0.1) is 7.11 Å². The third-order valence-electron chi connectivity index (χ3n) is 8.59. The van der Waals surface area contributed by atoms with E-state index >= 15 is 0 Å². The van der Waals surface area contributed by atoms with Gasteiger partial charge in [0.25, 0.3) is 0 Å². The highest BCUT2D eigenvalue weighted by atomic mass is 16.7. The van der Waals surface area contributed by atoms with E-state index < -0.39 is 0 Å². The molecular formula is C35H68O4. The number of carbonyl (C=O) groups is 1. The van der Waals surface area contributed by atoms with Gasteiger partial charge in [-0.25, -0.2) is 0 Å². The molecule has 0 spiro atoms. The Hall–Kier alpha value is -0.610. The Balaban J connectivity index is 1.67. The molecule has 1 saturated heterocycles. The van der Waals surface area contributed by atoms with Gasteiger partial charge in [0.1, 0.15) is 0 Å². The Morgan fingerprint density at radius 2 is 1.08 bits per heavy atom. The Morgan fingerprint density at radius 3 is 1.51 bits per heavy atom. The van der Waals surface area contributed by atoms with Crippen LogP contribution in [-0.4, -0.2) is 32.6 Å². The van der Waals surface area contributed by atoms with Crippen molar-refractivity contribution in [2.24, 2.45) is 5.92 Å². The summed E-state index contributed by atoms with van der Waals surface area (Å²) in [5.74, 6) is 0.829. The van der Waals surface area contributed by atoms with Crippen molar-refractivity contribution in [3.05, 3.63) is 0 Å². The fourth-order valence-electron chi connectivity index (χ4n) is 5.84. The van der Waals surface area contributed by atoms with Gasteiger partial charge >= 0.3 is 5.97 Å². The molecule has 1 aliphatic heterocycles. The Morgan fingerprint density at radius 1 is 0.641 bits per heavy atom. The van der Waals surface area contributed by atoms with E-state index in [-0.39, 0.29) is 12.3 Å². The predicted molar refractivity (Wildman–Crippen MR) is 166 cm³/mol. The zero-order valence-electron chi connectivity index (χ0n) is 26.5. The first-order valence-corrected chi connectivity index (χ1v) is 17.5. The lowest BCUT2D eigenvalue weighted by Crippen LogP contribution is -2.22. The van der Waals surface area contributed by atoms with E-state index in [9.17, 15) is 4.79 Å². The zero-order chi connectivity index (χ0) is 28.1. The van der Waals surface area contributed by atoms with Gasteiger partial charge in [0.2, 0.25) is 0 Å². The molecule has 2 unspecified atom stereocenters. The van der Waals surface area contributed by atoms with Gasteiger partial charge in [0, 0.05) is 19.6 Å². The summed E-state index contributed by atoms with van der Waals surface area (Å²) in [5.41, 5.74) is 0. The summed E-state index contributed by atoms with van der Waals surface area (Å²) in [5, 5.41) is 0. The van der Waals surface area contributed by atoms with Gasteiger partial charge in [0.15, 0.2) is 6.29 Å². The lowest BCUT2D eigenvalue weighted by Gasteiger charge is -2.22. The van der Waals surface area contributed by atoms with Crippen LogP contribution in [0.5, 0.6) is 0 Å². The monoisotopic (exact) mass is 553 g/mol. The van der Waals surface area contributed by atoms with Crippen LogP contribution in [-0.2, 0) is 19.0 Å². The van der Waals surface area contributed by atoms with Crippen LogP contribution in [0.4, 0.5) is 0 Å². The van der Waals surface area contributed by atoms with E-state index in [0.717, 1.165) is 32.0 Å². The number of hydrogen-bond acceptors (Lipinski definition) is 4. The quantitative estimate of drug-likeness (QED) is 0.0683. The maximum absolute atomic E-state index is 11.1. The van der Waals surface area contributed by atoms with E-state index in [1.165, 1.54) is 168 Å². The molecule has 0 aromatic carbocycles. The van der Waals surface area contributed by atoms with E-state index in [4.69, 9.17) is 9.47 Å². The molecule has 0 N–H and O–H groups in total. The van der Waals surface area contributed by atoms with Gasteiger partial charge in [-0.15, -0.1) is 0 Å². The summed E-state index contributed by atoms with van der Waals surface area (Å²) >= 11 is 0. The first kappa shape index (κ1) is 36.4. The van der Waals surface area contributed by atoms with Crippen LogP contribution in [0.15, 0.2) is 0 Å². The molecule has 1 rings (SSSR count). The minimum Gasteiger partial charge on any atom is -0.469 e. The molecule has 39 heavy (non-hydrogen) atoms. The van der Waals surface area contributed by atoms with Crippen LogP contribution in [0.2, 0.25) is 0 Å². The zero-order valence-corrected chi connectivity index (χ0v) is 26.5. The number of unbranched alkanes of at least 4 members (excludes halogenated alkanes) is 20. The van der Waals surface area contributed by atoms with Crippen LogP contribution in [0, 0.1) is 5.92 Å². The summed E-state index contributed by atoms with van der Waals surface area (Å²) in [6, 6.07) is 0. The number of rotatable bonds is 29.